The number of amides is 1. The molecule has 1 aromatic carbocycles. The van der Waals surface area contributed by atoms with Crippen LogP contribution in [-0.2, 0) is 4.79 Å². The molecular formula is C13H17NO. The molecule has 1 heterocycles. The summed E-state index contributed by atoms with van der Waals surface area (Å²) in [6.07, 6.45) is 1.57. The van der Waals surface area contributed by atoms with E-state index in [1.54, 1.807) is 6.08 Å². The Kier molecular flexibility index (Phi) is 3.86. The molecule has 2 rings (SSSR count). The van der Waals surface area contributed by atoms with Crippen LogP contribution in [0.2, 0.25) is 0 Å². The molecule has 0 saturated heterocycles. The Balaban J connectivity index is 0.000000711. The topological polar surface area (TPSA) is 29.1 Å². The molecule has 0 saturated carbocycles. The molecule has 0 bridgehead atoms. The summed E-state index contributed by atoms with van der Waals surface area (Å²) in [5.41, 5.74) is 2.58. The summed E-state index contributed by atoms with van der Waals surface area (Å²) in [7, 11) is 0. The summed E-state index contributed by atoms with van der Waals surface area (Å²) < 4.78 is 0. The van der Waals surface area contributed by atoms with E-state index in [2.05, 4.69) is 11.9 Å². The van der Waals surface area contributed by atoms with Gasteiger partial charge in [-0.1, -0.05) is 50.8 Å². The van der Waals surface area contributed by atoms with Gasteiger partial charge in [-0.2, -0.15) is 0 Å². The van der Waals surface area contributed by atoms with E-state index < -0.39 is 0 Å². The first kappa shape index (κ1) is 11.2. The van der Waals surface area contributed by atoms with Gasteiger partial charge < -0.3 is 5.32 Å². The van der Waals surface area contributed by atoms with E-state index in [1.807, 2.05) is 44.2 Å². The van der Waals surface area contributed by atoms with Gasteiger partial charge in [0.1, 0.15) is 0 Å². The minimum absolute atomic E-state index is 0. The van der Waals surface area contributed by atoms with Crippen LogP contribution in [0.4, 0.5) is 0 Å². The van der Waals surface area contributed by atoms with Crippen LogP contribution in [0.5, 0.6) is 0 Å². The van der Waals surface area contributed by atoms with Crippen molar-refractivity contribution in [1.29, 1.82) is 0 Å². The molecule has 2 heteroatoms. The summed E-state index contributed by atoms with van der Waals surface area (Å²) >= 11 is 0. The number of rotatable bonds is 1. The molecule has 0 fully saturated rings. The Morgan fingerprint density at radius 3 is 2.27 bits per heavy atom. The first-order valence-electron chi connectivity index (χ1n) is 5.05. The molecule has 80 valence electrons. The molecule has 0 aliphatic carbocycles. The van der Waals surface area contributed by atoms with Gasteiger partial charge in [0, 0.05) is 18.8 Å². The third-order valence-corrected chi connectivity index (χ3v) is 1.96. The number of nitrogens with one attached hydrogen (secondary N) is 1. The van der Waals surface area contributed by atoms with Crippen molar-refractivity contribution >= 4 is 11.5 Å². The maximum absolute atomic E-state index is 11.0. The van der Waals surface area contributed by atoms with E-state index in [0.29, 0.717) is 5.70 Å². The highest BCUT2D eigenvalue weighted by molar-refractivity contribution is 6.06. The maximum atomic E-state index is 11.0. The van der Waals surface area contributed by atoms with Gasteiger partial charge in [-0.3, -0.25) is 4.79 Å². The second kappa shape index (κ2) is 5.15. The summed E-state index contributed by atoms with van der Waals surface area (Å²) in [6, 6.07) is 9.73. The smallest absolute Gasteiger partial charge is 0.249 e. The van der Waals surface area contributed by atoms with Crippen LogP contribution in [-0.4, -0.2) is 5.91 Å². The molecule has 0 atom stereocenters. The monoisotopic (exact) mass is 203 g/mol. The number of hydrogen-bond donors (Lipinski definition) is 1. The average Bonchev–Trinajstić information content (AvgIpc) is 2.62. The predicted molar refractivity (Wildman–Crippen MR) is 65.2 cm³/mol. The lowest BCUT2D eigenvalue weighted by Crippen LogP contribution is -2.12. The zero-order chi connectivity index (χ0) is 11.3. The quantitative estimate of drug-likeness (QED) is 0.747. The Morgan fingerprint density at radius 2 is 1.80 bits per heavy atom. The Bertz CT molecular complexity index is 396. The molecule has 0 aromatic heterocycles. The van der Waals surface area contributed by atoms with Crippen molar-refractivity contribution in [2.24, 2.45) is 0 Å². The van der Waals surface area contributed by atoms with Crippen LogP contribution in [0.1, 0.15) is 20.8 Å². The minimum Gasteiger partial charge on any atom is -0.322 e. The molecule has 1 N–H and O–H groups in total. The standard InChI is InChI=1S/C11H9NO.C2H6.H2/c1-8-10(7-11(13)12-8)9-5-3-2-4-6-9;1-2;/h2-7H,1H2,(H,12,13);1-2H3;1H. The number of benzene rings is 1. The van der Waals surface area contributed by atoms with Crippen LogP contribution >= 0.6 is 0 Å². The molecule has 15 heavy (non-hydrogen) atoms. The second-order valence-corrected chi connectivity index (χ2v) is 2.89. The Morgan fingerprint density at radius 1 is 1.20 bits per heavy atom. The number of carbonyl (C=O) groups excluding carboxylic acids is 1. The van der Waals surface area contributed by atoms with Crippen molar-refractivity contribution in [3.8, 4) is 0 Å². The van der Waals surface area contributed by atoms with Crippen LogP contribution in [0.25, 0.3) is 5.57 Å². The SMILES string of the molecule is C=C1NC(=O)C=C1c1ccccc1.CC.[HH]. The molecule has 1 amide bonds. The molecule has 0 radical (unpaired) electrons. The largest absolute Gasteiger partial charge is 0.322 e. The summed E-state index contributed by atoms with van der Waals surface area (Å²) in [5.74, 6) is -0.0937. The van der Waals surface area contributed by atoms with Gasteiger partial charge in [-0.25, -0.2) is 0 Å². The molecule has 1 aliphatic heterocycles. The first-order valence-corrected chi connectivity index (χ1v) is 5.05. The van der Waals surface area contributed by atoms with Gasteiger partial charge in [-0.05, 0) is 5.56 Å². The van der Waals surface area contributed by atoms with Crippen LogP contribution < -0.4 is 5.32 Å². The van der Waals surface area contributed by atoms with E-state index in [0.717, 1.165) is 11.1 Å². The van der Waals surface area contributed by atoms with Crippen molar-refractivity contribution in [2.75, 3.05) is 0 Å². The van der Waals surface area contributed by atoms with Crippen molar-refractivity contribution in [2.45, 2.75) is 13.8 Å². The normalized spacial score (nSPS) is 13.9. The van der Waals surface area contributed by atoms with E-state index in [9.17, 15) is 4.79 Å². The van der Waals surface area contributed by atoms with Gasteiger partial charge in [0.15, 0.2) is 0 Å². The second-order valence-electron chi connectivity index (χ2n) is 2.89. The first-order chi connectivity index (χ1) is 7.27. The van der Waals surface area contributed by atoms with Crippen molar-refractivity contribution in [1.82, 2.24) is 5.32 Å². The molecule has 2 nitrogen and oxygen atoms in total. The van der Waals surface area contributed by atoms with Gasteiger partial charge >= 0.3 is 0 Å². The fraction of sp³-hybridized carbons (Fsp3) is 0.154. The zero-order valence-corrected chi connectivity index (χ0v) is 9.08. The third kappa shape index (κ3) is 2.56. The number of allylic oxidation sites excluding steroid dienone is 1. The fourth-order valence-electron chi connectivity index (χ4n) is 1.35. The van der Waals surface area contributed by atoms with Gasteiger partial charge in [0.2, 0.25) is 5.91 Å². The van der Waals surface area contributed by atoms with E-state index >= 15 is 0 Å². The van der Waals surface area contributed by atoms with Crippen LogP contribution in [0.15, 0.2) is 48.7 Å². The van der Waals surface area contributed by atoms with Crippen LogP contribution in [0, 0.1) is 0 Å². The number of hydrogen-bond acceptors (Lipinski definition) is 1. The summed E-state index contributed by atoms with van der Waals surface area (Å²) in [5, 5.41) is 2.64. The van der Waals surface area contributed by atoms with Gasteiger partial charge in [0.25, 0.3) is 0 Å². The van der Waals surface area contributed by atoms with Crippen molar-refractivity contribution < 1.29 is 6.22 Å². The number of carbonyl (C=O) groups is 1. The van der Waals surface area contributed by atoms with E-state index in [1.165, 1.54) is 0 Å². The van der Waals surface area contributed by atoms with E-state index in [-0.39, 0.29) is 7.33 Å². The summed E-state index contributed by atoms with van der Waals surface area (Å²) in [6.45, 7) is 7.76. The lowest BCUT2D eigenvalue weighted by Gasteiger charge is -2.02. The highest BCUT2D eigenvalue weighted by Crippen LogP contribution is 2.23. The van der Waals surface area contributed by atoms with E-state index in [4.69, 9.17) is 0 Å². The molecule has 1 aliphatic rings. The zero-order valence-electron chi connectivity index (χ0n) is 9.08. The van der Waals surface area contributed by atoms with Gasteiger partial charge in [0.05, 0.1) is 0 Å². The van der Waals surface area contributed by atoms with Crippen molar-refractivity contribution in [3.63, 3.8) is 0 Å². The van der Waals surface area contributed by atoms with Gasteiger partial charge in [-0.15, -0.1) is 0 Å². The highest BCUT2D eigenvalue weighted by Gasteiger charge is 2.15. The minimum atomic E-state index is -0.0937. The lowest BCUT2D eigenvalue weighted by atomic mass is 10.1. The van der Waals surface area contributed by atoms with Crippen LogP contribution in [0.3, 0.4) is 0 Å². The third-order valence-electron chi connectivity index (χ3n) is 1.96. The maximum Gasteiger partial charge on any atom is 0.249 e. The van der Waals surface area contributed by atoms with Crippen molar-refractivity contribution in [3.05, 3.63) is 54.2 Å². The lowest BCUT2D eigenvalue weighted by molar-refractivity contribution is -0.115. The Labute approximate surface area is 91.8 Å². The molecule has 0 unspecified atom stereocenters. The average molecular weight is 203 g/mol. The fourth-order valence-corrected chi connectivity index (χ4v) is 1.35. The molecule has 1 aromatic rings. The predicted octanol–water partition coefficient (Wildman–Crippen LogP) is 2.99. The molecule has 0 spiro atoms. The molecular weight excluding hydrogens is 186 g/mol. The Hall–Kier alpha value is -1.83. The highest BCUT2D eigenvalue weighted by atomic mass is 16.1. The summed E-state index contributed by atoms with van der Waals surface area (Å²) in [4.78, 5) is 11.0.